The molecule has 0 aliphatic carbocycles. The summed E-state index contributed by atoms with van der Waals surface area (Å²) in [5.41, 5.74) is 13.5. The molecule has 0 fully saturated rings. The maximum Gasteiger partial charge on any atom is 0.137 e. The zero-order chi connectivity index (χ0) is 35.2. The Balaban J connectivity index is 1.27. The van der Waals surface area contributed by atoms with Crippen molar-refractivity contribution >= 4 is 49.8 Å². The van der Waals surface area contributed by atoms with Crippen LogP contribution in [0.25, 0.3) is 66.1 Å². The van der Waals surface area contributed by atoms with E-state index >= 15 is 0 Å². The summed E-state index contributed by atoms with van der Waals surface area (Å²) in [6.45, 7) is 6.77. The summed E-state index contributed by atoms with van der Waals surface area (Å²) in [4.78, 5) is 2.39. The van der Waals surface area contributed by atoms with Crippen molar-refractivity contribution in [3.8, 4) is 33.4 Å². The van der Waals surface area contributed by atoms with Gasteiger partial charge in [0.15, 0.2) is 0 Å². The molecular formula is C50H39NO. The van der Waals surface area contributed by atoms with E-state index in [1.807, 2.05) is 12.1 Å². The first-order valence-corrected chi connectivity index (χ1v) is 18.0. The number of nitrogens with zero attached hydrogens (tertiary/aromatic N) is 1. The SMILES string of the molecule is CC(C)(C)c1ccc(-c2ccc(N(c3ccc4c(c3)oc3ccccc34)c3ccc4ccccc4c3-c3ccccc3-c3ccccc3)cc2)cc1. The maximum atomic E-state index is 6.46. The second-order valence-electron chi connectivity index (χ2n) is 14.6. The van der Waals surface area contributed by atoms with E-state index in [2.05, 4.69) is 196 Å². The molecule has 250 valence electrons. The first-order valence-electron chi connectivity index (χ1n) is 18.0. The summed E-state index contributed by atoms with van der Waals surface area (Å²) in [7, 11) is 0. The van der Waals surface area contributed by atoms with Gasteiger partial charge in [-0.2, -0.15) is 0 Å². The van der Waals surface area contributed by atoms with Gasteiger partial charge in [-0.25, -0.2) is 0 Å². The largest absolute Gasteiger partial charge is 0.456 e. The molecule has 0 atom stereocenters. The van der Waals surface area contributed by atoms with Crippen molar-refractivity contribution in [2.75, 3.05) is 4.90 Å². The lowest BCUT2D eigenvalue weighted by Gasteiger charge is -2.29. The lowest BCUT2D eigenvalue weighted by atomic mass is 9.86. The van der Waals surface area contributed by atoms with Crippen LogP contribution in [0.5, 0.6) is 0 Å². The summed E-state index contributed by atoms with van der Waals surface area (Å²) in [5.74, 6) is 0. The van der Waals surface area contributed by atoms with Gasteiger partial charge < -0.3 is 9.32 Å². The molecule has 1 aromatic heterocycles. The summed E-state index contributed by atoms with van der Waals surface area (Å²) >= 11 is 0. The van der Waals surface area contributed by atoms with Crippen LogP contribution in [0.2, 0.25) is 0 Å². The molecule has 0 aliphatic heterocycles. The minimum absolute atomic E-state index is 0.112. The Kier molecular flexibility index (Phi) is 7.74. The lowest BCUT2D eigenvalue weighted by Crippen LogP contribution is -2.11. The minimum atomic E-state index is 0.112. The van der Waals surface area contributed by atoms with Crippen LogP contribution in [0, 0.1) is 0 Å². The second-order valence-corrected chi connectivity index (χ2v) is 14.6. The molecule has 0 bridgehead atoms. The molecule has 0 saturated carbocycles. The third-order valence-electron chi connectivity index (χ3n) is 10.3. The summed E-state index contributed by atoms with van der Waals surface area (Å²) < 4.78 is 6.46. The van der Waals surface area contributed by atoms with Crippen molar-refractivity contribution in [1.29, 1.82) is 0 Å². The van der Waals surface area contributed by atoms with Crippen LogP contribution >= 0.6 is 0 Å². The number of anilines is 3. The fraction of sp³-hybridized carbons (Fsp3) is 0.0800. The number of rotatable bonds is 6. The first kappa shape index (κ1) is 31.6. The zero-order valence-corrected chi connectivity index (χ0v) is 29.7. The monoisotopic (exact) mass is 669 g/mol. The molecular weight excluding hydrogens is 631 g/mol. The average Bonchev–Trinajstić information content (AvgIpc) is 3.56. The molecule has 2 nitrogen and oxygen atoms in total. The Morgan fingerprint density at radius 3 is 1.77 bits per heavy atom. The summed E-state index contributed by atoms with van der Waals surface area (Å²) in [5, 5.41) is 4.64. The van der Waals surface area contributed by atoms with E-state index < -0.39 is 0 Å². The van der Waals surface area contributed by atoms with Gasteiger partial charge in [0, 0.05) is 33.8 Å². The van der Waals surface area contributed by atoms with E-state index in [1.54, 1.807) is 0 Å². The number of furan rings is 1. The van der Waals surface area contributed by atoms with Gasteiger partial charge in [0.25, 0.3) is 0 Å². The number of para-hydroxylation sites is 1. The van der Waals surface area contributed by atoms with Crippen LogP contribution in [0.15, 0.2) is 186 Å². The van der Waals surface area contributed by atoms with Gasteiger partial charge in [-0.05, 0) is 86.0 Å². The van der Waals surface area contributed by atoms with E-state index in [4.69, 9.17) is 4.42 Å². The van der Waals surface area contributed by atoms with Gasteiger partial charge in [-0.3, -0.25) is 0 Å². The van der Waals surface area contributed by atoms with Gasteiger partial charge in [0.1, 0.15) is 11.2 Å². The molecule has 9 rings (SSSR count). The Morgan fingerprint density at radius 1 is 0.423 bits per heavy atom. The van der Waals surface area contributed by atoms with Crippen LogP contribution < -0.4 is 4.90 Å². The van der Waals surface area contributed by atoms with Gasteiger partial charge in [-0.15, -0.1) is 0 Å². The topological polar surface area (TPSA) is 16.4 Å². The molecule has 9 aromatic rings. The molecule has 0 saturated heterocycles. The van der Waals surface area contributed by atoms with Crippen molar-refractivity contribution in [3.63, 3.8) is 0 Å². The minimum Gasteiger partial charge on any atom is -0.456 e. The van der Waals surface area contributed by atoms with E-state index in [9.17, 15) is 0 Å². The third-order valence-corrected chi connectivity index (χ3v) is 10.3. The van der Waals surface area contributed by atoms with E-state index in [1.165, 1.54) is 49.7 Å². The van der Waals surface area contributed by atoms with Gasteiger partial charge in [-0.1, -0.05) is 160 Å². The number of hydrogen-bond donors (Lipinski definition) is 0. The molecule has 0 unspecified atom stereocenters. The molecule has 8 aromatic carbocycles. The molecule has 2 heteroatoms. The Bertz CT molecular complexity index is 2700. The van der Waals surface area contributed by atoms with Crippen LogP contribution in [-0.2, 0) is 5.41 Å². The lowest BCUT2D eigenvalue weighted by molar-refractivity contribution is 0.590. The Labute approximate surface area is 305 Å². The fourth-order valence-corrected chi connectivity index (χ4v) is 7.55. The number of fused-ring (bicyclic) bond motifs is 4. The van der Waals surface area contributed by atoms with Crippen LogP contribution in [0.4, 0.5) is 17.1 Å². The Morgan fingerprint density at radius 2 is 1.02 bits per heavy atom. The van der Waals surface area contributed by atoms with E-state index in [0.29, 0.717) is 0 Å². The first-order chi connectivity index (χ1) is 25.4. The highest BCUT2D eigenvalue weighted by Crippen LogP contribution is 2.48. The predicted octanol–water partition coefficient (Wildman–Crippen LogP) is 14.5. The highest BCUT2D eigenvalue weighted by molar-refractivity contribution is 6.10. The molecule has 0 radical (unpaired) electrons. The van der Waals surface area contributed by atoms with Crippen LogP contribution in [-0.4, -0.2) is 0 Å². The molecule has 0 aliphatic rings. The normalized spacial score (nSPS) is 11.8. The highest BCUT2D eigenvalue weighted by atomic mass is 16.3. The zero-order valence-electron chi connectivity index (χ0n) is 29.7. The van der Waals surface area contributed by atoms with E-state index in [0.717, 1.165) is 39.0 Å². The van der Waals surface area contributed by atoms with Gasteiger partial charge in [0.2, 0.25) is 0 Å². The van der Waals surface area contributed by atoms with Crippen molar-refractivity contribution in [2.24, 2.45) is 0 Å². The third kappa shape index (κ3) is 5.63. The highest BCUT2D eigenvalue weighted by Gasteiger charge is 2.23. The maximum absolute atomic E-state index is 6.46. The molecule has 1 heterocycles. The smallest absolute Gasteiger partial charge is 0.137 e. The molecule has 0 amide bonds. The van der Waals surface area contributed by atoms with Crippen LogP contribution in [0.1, 0.15) is 26.3 Å². The number of benzene rings is 8. The van der Waals surface area contributed by atoms with Gasteiger partial charge >= 0.3 is 0 Å². The predicted molar refractivity (Wildman–Crippen MR) is 221 cm³/mol. The van der Waals surface area contributed by atoms with Crippen LogP contribution in [0.3, 0.4) is 0 Å². The Hall–Kier alpha value is -6.38. The number of hydrogen-bond acceptors (Lipinski definition) is 2. The molecule has 0 spiro atoms. The molecule has 52 heavy (non-hydrogen) atoms. The van der Waals surface area contributed by atoms with Crippen molar-refractivity contribution in [1.82, 2.24) is 0 Å². The van der Waals surface area contributed by atoms with Crippen molar-refractivity contribution in [3.05, 3.63) is 188 Å². The second kappa shape index (κ2) is 12.7. The average molecular weight is 670 g/mol. The molecule has 0 N–H and O–H groups in total. The fourth-order valence-electron chi connectivity index (χ4n) is 7.55. The van der Waals surface area contributed by atoms with Crippen molar-refractivity contribution < 1.29 is 4.42 Å². The quantitative estimate of drug-likeness (QED) is 0.175. The van der Waals surface area contributed by atoms with E-state index in [-0.39, 0.29) is 5.41 Å². The van der Waals surface area contributed by atoms with Gasteiger partial charge in [0.05, 0.1) is 5.69 Å². The van der Waals surface area contributed by atoms with Crippen molar-refractivity contribution in [2.45, 2.75) is 26.2 Å². The summed E-state index contributed by atoms with van der Waals surface area (Å²) in [6.07, 6.45) is 0. The standard InChI is InChI=1S/C50H39NO/c1-50(2,3)38-26-21-34(22-27-38)35-23-28-39(29-24-35)51(40-30-31-44-43-18-11-12-20-47(43)52-48(44)33-40)46-32-25-37-15-7-8-17-42(37)49(46)45-19-10-9-16-41(45)36-13-5-4-6-14-36/h4-33H,1-3H3. The summed E-state index contributed by atoms with van der Waals surface area (Å²) in [6, 6.07) is 65.6.